The molecule has 1 fully saturated rings. The Bertz CT molecular complexity index is 286. The van der Waals surface area contributed by atoms with Crippen molar-refractivity contribution in [2.75, 3.05) is 6.54 Å². The number of hydrogen-bond donors (Lipinski definition) is 2. The lowest BCUT2D eigenvalue weighted by atomic mass is 9.91. The monoisotopic (exact) mass is 255 g/mol. The van der Waals surface area contributed by atoms with Crippen LogP contribution in [0.5, 0.6) is 0 Å². The van der Waals surface area contributed by atoms with Gasteiger partial charge in [0.1, 0.15) is 0 Å². The Morgan fingerprint density at radius 2 is 2.00 bits per heavy atom. The van der Waals surface area contributed by atoms with Crippen molar-refractivity contribution >= 4 is 5.97 Å². The molecule has 18 heavy (non-hydrogen) atoms. The lowest BCUT2D eigenvalue weighted by Crippen LogP contribution is -2.38. The van der Waals surface area contributed by atoms with Crippen LogP contribution in [0.15, 0.2) is 0 Å². The number of carboxylic acids is 1. The largest absolute Gasteiger partial charge is 0.481 e. The molecule has 1 rings (SSSR count). The van der Waals surface area contributed by atoms with Crippen LogP contribution in [0.4, 0.5) is 0 Å². The van der Waals surface area contributed by atoms with Gasteiger partial charge in [-0.05, 0) is 36.5 Å². The van der Waals surface area contributed by atoms with E-state index in [1.165, 1.54) is 6.42 Å². The van der Waals surface area contributed by atoms with E-state index in [-0.39, 0.29) is 5.92 Å². The maximum absolute atomic E-state index is 11.2. The molecule has 0 radical (unpaired) electrons. The number of carboxylic acid groups (broad SMARTS) is 1. The maximum Gasteiger partial charge on any atom is 0.307 e. The smallest absolute Gasteiger partial charge is 0.307 e. The van der Waals surface area contributed by atoms with E-state index in [9.17, 15) is 9.90 Å². The van der Waals surface area contributed by atoms with Crippen LogP contribution in [0, 0.1) is 23.2 Å². The predicted molar refractivity (Wildman–Crippen MR) is 74.6 cm³/mol. The Hall–Kier alpha value is -0.570. The van der Waals surface area contributed by atoms with Crippen LogP contribution < -0.4 is 5.32 Å². The van der Waals surface area contributed by atoms with Crippen molar-refractivity contribution in [3.63, 3.8) is 0 Å². The first kappa shape index (κ1) is 15.5. The Morgan fingerprint density at radius 3 is 2.39 bits per heavy atom. The fraction of sp³-hybridized carbons (Fsp3) is 0.933. The highest BCUT2D eigenvalue weighted by Gasteiger charge is 2.36. The van der Waals surface area contributed by atoms with Crippen LogP contribution in [0.2, 0.25) is 0 Å². The molecule has 1 saturated carbocycles. The number of hydrogen-bond acceptors (Lipinski definition) is 2. The lowest BCUT2D eigenvalue weighted by molar-refractivity contribution is -0.142. The molecule has 2 N–H and O–H groups in total. The van der Waals surface area contributed by atoms with Gasteiger partial charge in [-0.25, -0.2) is 0 Å². The van der Waals surface area contributed by atoms with Crippen molar-refractivity contribution < 1.29 is 9.90 Å². The summed E-state index contributed by atoms with van der Waals surface area (Å²) in [5.41, 5.74) is 0.397. The second kappa shape index (κ2) is 6.05. The molecule has 0 aromatic rings. The Balaban J connectivity index is 2.45. The van der Waals surface area contributed by atoms with Gasteiger partial charge in [0.25, 0.3) is 0 Å². The number of nitrogens with one attached hydrogen (secondary N) is 1. The van der Waals surface area contributed by atoms with Gasteiger partial charge in [0.15, 0.2) is 0 Å². The van der Waals surface area contributed by atoms with Gasteiger partial charge >= 0.3 is 5.97 Å². The molecule has 1 aliphatic rings. The quantitative estimate of drug-likeness (QED) is 0.766. The minimum Gasteiger partial charge on any atom is -0.481 e. The fourth-order valence-electron chi connectivity index (χ4n) is 3.30. The summed E-state index contributed by atoms with van der Waals surface area (Å²) in [5.74, 6) is 0.167. The topological polar surface area (TPSA) is 49.3 Å². The molecule has 3 nitrogen and oxygen atoms in total. The minimum atomic E-state index is -0.666. The Morgan fingerprint density at radius 1 is 1.39 bits per heavy atom. The van der Waals surface area contributed by atoms with Gasteiger partial charge in [0, 0.05) is 12.6 Å². The fourth-order valence-corrected chi connectivity index (χ4v) is 3.30. The van der Waals surface area contributed by atoms with Crippen molar-refractivity contribution in [1.29, 1.82) is 0 Å². The van der Waals surface area contributed by atoms with E-state index in [0.29, 0.717) is 29.8 Å². The first-order chi connectivity index (χ1) is 8.21. The molecule has 0 aliphatic heterocycles. The zero-order chi connectivity index (χ0) is 13.9. The van der Waals surface area contributed by atoms with Crippen LogP contribution >= 0.6 is 0 Å². The van der Waals surface area contributed by atoms with Crippen molar-refractivity contribution in [3.8, 4) is 0 Å². The summed E-state index contributed by atoms with van der Waals surface area (Å²) in [4.78, 5) is 11.2. The van der Waals surface area contributed by atoms with E-state index in [4.69, 9.17) is 0 Å². The molecule has 3 heteroatoms. The zero-order valence-electron chi connectivity index (χ0n) is 12.5. The molecule has 0 saturated heterocycles. The average molecular weight is 255 g/mol. The molecule has 0 spiro atoms. The summed E-state index contributed by atoms with van der Waals surface area (Å²) in [6, 6.07) is 0.481. The van der Waals surface area contributed by atoms with Crippen LogP contribution in [-0.2, 0) is 4.79 Å². The number of rotatable bonds is 6. The van der Waals surface area contributed by atoms with Gasteiger partial charge in [0.05, 0.1) is 5.92 Å². The Labute approximate surface area is 111 Å². The van der Waals surface area contributed by atoms with Crippen LogP contribution in [0.3, 0.4) is 0 Å². The van der Waals surface area contributed by atoms with Gasteiger partial charge in [-0.1, -0.05) is 34.6 Å². The number of aliphatic carboxylic acids is 1. The van der Waals surface area contributed by atoms with Gasteiger partial charge in [-0.3, -0.25) is 4.79 Å². The third-order valence-electron chi connectivity index (χ3n) is 4.07. The Kier molecular flexibility index (Phi) is 5.20. The summed E-state index contributed by atoms with van der Waals surface area (Å²) in [6.45, 7) is 11.6. The second-order valence-electron chi connectivity index (χ2n) is 7.23. The average Bonchev–Trinajstić information content (AvgIpc) is 2.45. The normalized spacial score (nSPS) is 28.6. The maximum atomic E-state index is 11.2. The molecule has 0 amide bonds. The molecule has 0 bridgehead atoms. The minimum absolute atomic E-state index is 0.249. The molecular weight excluding hydrogens is 226 g/mol. The summed E-state index contributed by atoms with van der Waals surface area (Å²) >= 11 is 0. The van der Waals surface area contributed by atoms with E-state index in [1.807, 2.05) is 0 Å². The molecule has 1 aliphatic carbocycles. The molecule has 3 unspecified atom stereocenters. The third-order valence-corrected chi connectivity index (χ3v) is 4.07. The molecular formula is C15H29NO2. The molecule has 0 aromatic carbocycles. The summed E-state index contributed by atoms with van der Waals surface area (Å²) < 4.78 is 0. The first-order valence-corrected chi connectivity index (χ1v) is 7.17. The highest BCUT2D eigenvalue weighted by molar-refractivity contribution is 5.70. The summed E-state index contributed by atoms with van der Waals surface area (Å²) in [6.07, 6.45) is 3.14. The molecule has 0 aromatic heterocycles. The van der Waals surface area contributed by atoms with Crippen LogP contribution in [-0.4, -0.2) is 23.7 Å². The van der Waals surface area contributed by atoms with Gasteiger partial charge in [-0.15, -0.1) is 0 Å². The third kappa shape index (κ3) is 4.60. The molecule has 106 valence electrons. The van der Waals surface area contributed by atoms with Crippen molar-refractivity contribution in [1.82, 2.24) is 5.32 Å². The van der Waals surface area contributed by atoms with E-state index in [2.05, 4.69) is 39.9 Å². The van der Waals surface area contributed by atoms with E-state index in [0.717, 1.165) is 12.8 Å². The second-order valence-corrected chi connectivity index (χ2v) is 7.23. The lowest BCUT2D eigenvalue weighted by Gasteiger charge is -2.22. The predicted octanol–water partition coefficient (Wildman–Crippen LogP) is 3.15. The van der Waals surface area contributed by atoms with Crippen molar-refractivity contribution in [3.05, 3.63) is 0 Å². The van der Waals surface area contributed by atoms with E-state index < -0.39 is 5.97 Å². The summed E-state index contributed by atoms with van der Waals surface area (Å²) in [7, 11) is 0. The van der Waals surface area contributed by atoms with Gasteiger partial charge < -0.3 is 10.4 Å². The van der Waals surface area contributed by atoms with Gasteiger partial charge in [0.2, 0.25) is 0 Å². The number of carbonyl (C=O) groups is 1. The van der Waals surface area contributed by atoms with E-state index >= 15 is 0 Å². The van der Waals surface area contributed by atoms with Crippen LogP contribution in [0.25, 0.3) is 0 Å². The van der Waals surface area contributed by atoms with Crippen LogP contribution in [0.1, 0.15) is 53.9 Å². The van der Waals surface area contributed by atoms with Crippen molar-refractivity contribution in [2.24, 2.45) is 23.2 Å². The molecule has 3 atom stereocenters. The SMILES string of the molecule is CC(C)CC(CNC1CC(C)(C)CC1C)C(=O)O. The molecule has 0 heterocycles. The first-order valence-electron chi connectivity index (χ1n) is 7.17. The van der Waals surface area contributed by atoms with E-state index in [1.54, 1.807) is 0 Å². The standard InChI is InChI=1S/C15H29NO2/c1-10(2)6-12(14(17)18)9-16-13-8-15(4,5)7-11(13)3/h10-13,16H,6-9H2,1-5H3,(H,17,18). The van der Waals surface area contributed by atoms with Crippen molar-refractivity contribution in [2.45, 2.75) is 59.9 Å². The zero-order valence-corrected chi connectivity index (χ0v) is 12.5. The highest BCUT2D eigenvalue weighted by Crippen LogP contribution is 2.40. The highest BCUT2D eigenvalue weighted by atomic mass is 16.4. The summed E-state index contributed by atoms with van der Waals surface area (Å²) in [5, 5.41) is 12.7. The van der Waals surface area contributed by atoms with Gasteiger partial charge in [-0.2, -0.15) is 0 Å².